The molecule has 1 fully saturated rings. The van der Waals surface area contributed by atoms with Crippen LogP contribution >= 0.6 is 24.0 Å². The second-order valence-electron chi connectivity index (χ2n) is 5.93. The van der Waals surface area contributed by atoms with E-state index in [1.807, 2.05) is 0 Å². The van der Waals surface area contributed by atoms with Crippen LogP contribution in [0.3, 0.4) is 0 Å². The van der Waals surface area contributed by atoms with Gasteiger partial charge in [-0.3, -0.25) is 9.89 Å². The van der Waals surface area contributed by atoms with Crippen molar-refractivity contribution >= 4 is 29.9 Å². The van der Waals surface area contributed by atoms with Crippen molar-refractivity contribution in [3.63, 3.8) is 0 Å². The van der Waals surface area contributed by atoms with Crippen LogP contribution in [0.15, 0.2) is 4.99 Å². The van der Waals surface area contributed by atoms with Crippen LogP contribution in [-0.4, -0.2) is 49.6 Å². The SMILES string of the molecule is CC(C)CN1CCCCC1CNC1=NCCCN1.I. The van der Waals surface area contributed by atoms with Gasteiger partial charge in [-0.15, -0.1) is 24.0 Å². The first-order valence-electron chi connectivity index (χ1n) is 7.52. The van der Waals surface area contributed by atoms with Crippen molar-refractivity contribution in [3.05, 3.63) is 0 Å². The van der Waals surface area contributed by atoms with Gasteiger partial charge in [0.2, 0.25) is 0 Å². The number of hydrogen-bond acceptors (Lipinski definition) is 4. The number of hydrogen-bond donors (Lipinski definition) is 2. The third kappa shape index (κ3) is 5.85. The highest BCUT2D eigenvalue weighted by atomic mass is 127. The van der Waals surface area contributed by atoms with Gasteiger partial charge in [-0.05, 0) is 31.7 Å². The molecular formula is C14H29IN4. The molecular weight excluding hydrogens is 351 g/mol. The van der Waals surface area contributed by atoms with E-state index in [1.165, 1.54) is 32.4 Å². The van der Waals surface area contributed by atoms with E-state index in [9.17, 15) is 0 Å². The first kappa shape index (κ1) is 17.0. The van der Waals surface area contributed by atoms with Crippen LogP contribution in [-0.2, 0) is 0 Å². The summed E-state index contributed by atoms with van der Waals surface area (Å²) in [7, 11) is 0. The molecule has 1 unspecified atom stereocenters. The minimum absolute atomic E-state index is 0. The van der Waals surface area contributed by atoms with Gasteiger partial charge in [0.15, 0.2) is 5.96 Å². The molecule has 2 aliphatic heterocycles. The van der Waals surface area contributed by atoms with Gasteiger partial charge < -0.3 is 10.6 Å². The smallest absolute Gasteiger partial charge is 0.191 e. The minimum Gasteiger partial charge on any atom is -0.356 e. The normalized spacial score (nSPS) is 24.4. The minimum atomic E-state index is 0. The van der Waals surface area contributed by atoms with Crippen LogP contribution in [0.25, 0.3) is 0 Å². The second-order valence-corrected chi connectivity index (χ2v) is 5.93. The largest absolute Gasteiger partial charge is 0.356 e. The van der Waals surface area contributed by atoms with Gasteiger partial charge in [-0.25, -0.2) is 0 Å². The lowest BCUT2D eigenvalue weighted by molar-refractivity contribution is 0.133. The summed E-state index contributed by atoms with van der Waals surface area (Å²) in [6.45, 7) is 10.2. The maximum Gasteiger partial charge on any atom is 0.191 e. The fourth-order valence-corrected chi connectivity index (χ4v) is 2.87. The van der Waals surface area contributed by atoms with Crippen molar-refractivity contribution in [1.82, 2.24) is 15.5 Å². The van der Waals surface area contributed by atoms with Gasteiger partial charge >= 0.3 is 0 Å². The predicted molar refractivity (Wildman–Crippen MR) is 92.4 cm³/mol. The lowest BCUT2D eigenvalue weighted by Gasteiger charge is -2.37. The average Bonchev–Trinajstić information content (AvgIpc) is 2.38. The number of rotatable bonds is 4. The molecule has 0 aromatic heterocycles. The highest BCUT2D eigenvalue weighted by molar-refractivity contribution is 14.0. The van der Waals surface area contributed by atoms with Gasteiger partial charge in [-0.2, -0.15) is 0 Å². The highest BCUT2D eigenvalue weighted by Crippen LogP contribution is 2.17. The third-order valence-corrected chi connectivity index (χ3v) is 3.75. The summed E-state index contributed by atoms with van der Waals surface area (Å²) in [6, 6.07) is 0.688. The van der Waals surface area contributed by atoms with Crippen molar-refractivity contribution in [1.29, 1.82) is 0 Å². The van der Waals surface area contributed by atoms with E-state index in [-0.39, 0.29) is 24.0 Å². The number of likely N-dealkylation sites (tertiary alicyclic amines) is 1. The van der Waals surface area contributed by atoms with Gasteiger partial charge in [0.05, 0.1) is 0 Å². The van der Waals surface area contributed by atoms with Crippen LogP contribution in [0.1, 0.15) is 39.5 Å². The van der Waals surface area contributed by atoms with Crippen molar-refractivity contribution < 1.29 is 0 Å². The lowest BCUT2D eigenvalue weighted by atomic mass is 10.0. The molecule has 0 spiro atoms. The summed E-state index contributed by atoms with van der Waals surface area (Å²) in [6.07, 6.45) is 5.23. The first-order chi connectivity index (χ1) is 8.75. The van der Waals surface area contributed by atoms with E-state index >= 15 is 0 Å². The molecule has 4 nitrogen and oxygen atoms in total. The van der Waals surface area contributed by atoms with Gasteiger partial charge in [-0.1, -0.05) is 20.3 Å². The highest BCUT2D eigenvalue weighted by Gasteiger charge is 2.23. The summed E-state index contributed by atoms with van der Waals surface area (Å²) < 4.78 is 0. The molecule has 2 N–H and O–H groups in total. The summed E-state index contributed by atoms with van der Waals surface area (Å²) in [5.41, 5.74) is 0. The maximum absolute atomic E-state index is 4.48. The van der Waals surface area contributed by atoms with Gasteiger partial charge in [0.25, 0.3) is 0 Å². The molecule has 19 heavy (non-hydrogen) atoms. The van der Waals surface area contributed by atoms with Crippen molar-refractivity contribution in [2.45, 2.75) is 45.6 Å². The Balaban J connectivity index is 0.00000180. The standard InChI is InChI=1S/C14H28N4.HI/c1-12(2)11-18-9-4-3-6-13(18)10-17-14-15-7-5-8-16-14;/h12-13H,3-11H2,1-2H3,(H2,15,16,17);1H. The molecule has 0 aromatic rings. The fourth-order valence-electron chi connectivity index (χ4n) is 2.87. The second kappa shape index (κ2) is 9.00. The van der Waals surface area contributed by atoms with E-state index in [2.05, 4.69) is 34.4 Å². The number of nitrogens with zero attached hydrogens (tertiary/aromatic N) is 2. The molecule has 2 aliphatic rings. The number of guanidine groups is 1. The Morgan fingerprint density at radius 3 is 2.89 bits per heavy atom. The third-order valence-electron chi connectivity index (χ3n) is 3.75. The Bertz CT molecular complexity index is 281. The van der Waals surface area contributed by atoms with Crippen molar-refractivity contribution in [3.8, 4) is 0 Å². The molecule has 0 radical (unpaired) electrons. The van der Waals surface area contributed by atoms with Crippen LogP contribution in [0.5, 0.6) is 0 Å². The van der Waals surface area contributed by atoms with Crippen LogP contribution in [0.2, 0.25) is 0 Å². The topological polar surface area (TPSA) is 39.7 Å². The van der Waals surface area contributed by atoms with E-state index < -0.39 is 0 Å². The maximum atomic E-state index is 4.48. The Kier molecular flexibility index (Phi) is 8.06. The Labute approximate surface area is 134 Å². The predicted octanol–water partition coefficient (Wildman–Crippen LogP) is 2.05. The lowest BCUT2D eigenvalue weighted by Crippen LogP contribution is -2.50. The number of halogens is 1. The van der Waals surface area contributed by atoms with E-state index in [1.54, 1.807) is 0 Å². The van der Waals surface area contributed by atoms with Crippen LogP contribution < -0.4 is 10.6 Å². The molecule has 0 aliphatic carbocycles. The molecule has 2 heterocycles. The monoisotopic (exact) mass is 380 g/mol. The molecule has 0 bridgehead atoms. The fraction of sp³-hybridized carbons (Fsp3) is 0.929. The molecule has 0 saturated carbocycles. The Morgan fingerprint density at radius 2 is 2.21 bits per heavy atom. The number of aliphatic imine (C=N–C) groups is 1. The van der Waals surface area contributed by atoms with Gasteiger partial charge in [0, 0.05) is 32.2 Å². The molecule has 1 atom stereocenters. The van der Waals surface area contributed by atoms with Crippen molar-refractivity contribution in [2.24, 2.45) is 10.9 Å². The Hall–Kier alpha value is -0.0400. The quantitative estimate of drug-likeness (QED) is 0.734. The summed E-state index contributed by atoms with van der Waals surface area (Å²) in [5.74, 6) is 1.77. The summed E-state index contributed by atoms with van der Waals surface area (Å²) in [5, 5.41) is 6.83. The number of piperidine rings is 1. The van der Waals surface area contributed by atoms with E-state index in [4.69, 9.17) is 0 Å². The zero-order valence-corrected chi connectivity index (χ0v) is 14.7. The first-order valence-corrected chi connectivity index (χ1v) is 7.52. The Morgan fingerprint density at radius 1 is 1.37 bits per heavy atom. The molecule has 5 heteroatoms. The molecule has 112 valence electrons. The van der Waals surface area contributed by atoms with Gasteiger partial charge in [0.1, 0.15) is 0 Å². The van der Waals surface area contributed by atoms with E-state index in [0.717, 1.165) is 37.9 Å². The van der Waals surface area contributed by atoms with Crippen LogP contribution in [0.4, 0.5) is 0 Å². The zero-order valence-electron chi connectivity index (χ0n) is 12.3. The summed E-state index contributed by atoms with van der Waals surface area (Å²) >= 11 is 0. The zero-order chi connectivity index (χ0) is 12.8. The molecule has 1 saturated heterocycles. The van der Waals surface area contributed by atoms with Crippen molar-refractivity contribution in [2.75, 3.05) is 32.7 Å². The molecule has 0 aromatic carbocycles. The van der Waals surface area contributed by atoms with Crippen LogP contribution in [0, 0.1) is 5.92 Å². The number of nitrogens with one attached hydrogen (secondary N) is 2. The van der Waals surface area contributed by atoms with E-state index in [0.29, 0.717) is 6.04 Å². The average molecular weight is 380 g/mol. The summed E-state index contributed by atoms with van der Waals surface area (Å²) in [4.78, 5) is 7.13. The molecule has 0 amide bonds. The molecule has 2 rings (SSSR count).